The van der Waals surface area contributed by atoms with E-state index in [0.717, 1.165) is 12.0 Å². The average molecular weight is 531 g/mol. The Hall–Kier alpha value is -3.82. The van der Waals surface area contributed by atoms with Gasteiger partial charge in [-0.05, 0) is 66.4 Å². The molecule has 1 atom stereocenters. The van der Waals surface area contributed by atoms with Crippen molar-refractivity contribution in [3.63, 3.8) is 0 Å². The van der Waals surface area contributed by atoms with Crippen LogP contribution in [0.25, 0.3) is 16.6 Å². The van der Waals surface area contributed by atoms with E-state index in [1.807, 2.05) is 18.2 Å². The van der Waals surface area contributed by atoms with Gasteiger partial charge in [-0.3, -0.25) is 14.2 Å². The topological polar surface area (TPSA) is 92.6 Å². The van der Waals surface area contributed by atoms with Crippen LogP contribution in [0.1, 0.15) is 42.1 Å². The number of hydrogen-bond acceptors (Lipinski definition) is 5. The van der Waals surface area contributed by atoms with Crippen molar-refractivity contribution in [2.45, 2.75) is 31.1 Å². The van der Waals surface area contributed by atoms with Crippen molar-refractivity contribution >= 4 is 26.8 Å². The molecule has 0 aliphatic carbocycles. The average Bonchev–Trinajstić information content (AvgIpc) is 2.97. The van der Waals surface area contributed by atoms with Crippen molar-refractivity contribution in [3.05, 3.63) is 101 Å². The number of nitrogens with zero attached hydrogens (tertiary/aromatic N) is 4. The summed E-state index contributed by atoms with van der Waals surface area (Å²) in [4.78, 5) is 32.3. The highest BCUT2D eigenvalue weighted by atomic mass is 32.2. The molecule has 5 rings (SSSR count). The van der Waals surface area contributed by atoms with E-state index in [9.17, 15) is 18.0 Å². The first kappa shape index (κ1) is 25.8. The quantitative estimate of drug-likeness (QED) is 0.375. The molecule has 8 nitrogen and oxygen atoms in total. The molecule has 38 heavy (non-hydrogen) atoms. The maximum Gasteiger partial charge on any atom is 0.265 e. The third-order valence-corrected chi connectivity index (χ3v) is 9.20. The number of hydrogen-bond donors (Lipinski definition) is 0. The molecule has 196 valence electrons. The van der Waals surface area contributed by atoms with Gasteiger partial charge in [-0.2, -0.15) is 4.31 Å². The number of benzene rings is 3. The fourth-order valence-corrected chi connectivity index (χ4v) is 6.11. The number of fused-ring (bicyclic) bond motifs is 1. The molecule has 0 unspecified atom stereocenters. The van der Waals surface area contributed by atoms with Crippen LogP contribution in [-0.2, 0) is 10.0 Å². The van der Waals surface area contributed by atoms with E-state index < -0.39 is 10.0 Å². The molecular formula is C29H30N4O4S. The number of rotatable bonds is 6. The molecule has 1 fully saturated rings. The van der Waals surface area contributed by atoms with Gasteiger partial charge in [0.1, 0.15) is 6.33 Å². The molecule has 0 bridgehead atoms. The zero-order chi connectivity index (χ0) is 26.9. The van der Waals surface area contributed by atoms with Crippen LogP contribution in [0.2, 0.25) is 0 Å². The molecule has 1 aliphatic heterocycles. The van der Waals surface area contributed by atoms with Gasteiger partial charge in [-0.1, -0.05) is 38.1 Å². The number of sulfonamides is 1. The number of para-hydroxylation sites is 1. The van der Waals surface area contributed by atoms with Crippen LogP contribution in [0.5, 0.6) is 0 Å². The summed E-state index contributed by atoms with van der Waals surface area (Å²) in [6, 6.07) is 21.1. The largest absolute Gasteiger partial charge is 0.336 e. The monoisotopic (exact) mass is 530 g/mol. The van der Waals surface area contributed by atoms with Crippen LogP contribution in [0.3, 0.4) is 0 Å². The zero-order valence-electron chi connectivity index (χ0n) is 21.4. The lowest BCUT2D eigenvalue weighted by molar-refractivity contribution is 0.0698. The minimum absolute atomic E-state index is 0.171. The van der Waals surface area contributed by atoms with Gasteiger partial charge in [0, 0.05) is 31.7 Å². The minimum atomic E-state index is -3.62. The molecule has 1 aromatic heterocycles. The maximum absolute atomic E-state index is 13.2. The summed E-state index contributed by atoms with van der Waals surface area (Å²) in [6.45, 7) is 5.30. The Morgan fingerprint density at radius 1 is 0.921 bits per heavy atom. The number of carbonyl (C=O) groups is 1. The van der Waals surface area contributed by atoms with E-state index in [-0.39, 0.29) is 29.5 Å². The second kappa shape index (κ2) is 10.5. The fourth-order valence-electron chi connectivity index (χ4n) is 4.68. The van der Waals surface area contributed by atoms with E-state index in [1.165, 1.54) is 15.2 Å². The first-order valence-corrected chi connectivity index (χ1v) is 14.2. The Morgan fingerprint density at radius 2 is 1.58 bits per heavy atom. The van der Waals surface area contributed by atoms with Crippen LogP contribution in [0.15, 0.2) is 88.8 Å². The van der Waals surface area contributed by atoms with Gasteiger partial charge in [-0.15, -0.1) is 0 Å². The molecule has 3 aromatic carbocycles. The summed E-state index contributed by atoms with van der Waals surface area (Å²) in [6.07, 6.45) is 2.48. The zero-order valence-corrected chi connectivity index (χ0v) is 22.3. The summed E-state index contributed by atoms with van der Waals surface area (Å²) in [5.41, 5.74) is 2.66. The highest BCUT2D eigenvalue weighted by Crippen LogP contribution is 2.23. The van der Waals surface area contributed by atoms with Crippen molar-refractivity contribution in [3.8, 4) is 5.69 Å². The molecule has 1 saturated heterocycles. The molecule has 1 amide bonds. The Labute approximate surface area is 222 Å². The highest BCUT2D eigenvalue weighted by molar-refractivity contribution is 7.89. The summed E-state index contributed by atoms with van der Waals surface area (Å²) in [7, 11) is -3.62. The van der Waals surface area contributed by atoms with Gasteiger partial charge in [0.05, 0.1) is 21.5 Å². The third-order valence-electron chi connectivity index (χ3n) is 7.28. The molecule has 1 aliphatic rings. The van der Waals surface area contributed by atoms with Gasteiger partial charge >= 0.3 is 0 Å². The van der Waals surface area contributed by atoms with Crippen LogP contribution in [0, 0.1) is 0 Å². The van der Waals surface area contributed by atoms with Crippen molar-refractivity contribution in [2.24, 2.45) is 0 Å². The Morgan fingerprint density at radius 3 is 2.24 bits per heavy atom. The fraction of sp³-hybridized carbons (Fsp3) is 0.276. The van der Waals surface area contributed by atoms with E-state index >= 15 is 0 Å². The second-order valence-electron chi connectivity index (χ2n) is 9.56. The predicted octanol–water partition coefficient (Wildman–Crippen LogP) is 4.05. The van der Waals surface area contributed by atoms with Gasteiger partial charge in [0.2, 0.25) is 10.0 Å². The first-order valence-electron chi connectivity index (χ1n) is 12.8. The molecule has 0 N–H and O–H groups in total. The first-order chi connectivity index (χ1) is 18.3. The molecule has 0 saturated carbocycles. The van der Waals surface area contributed by atoms with Crippen LogP contribution in [0.4, 0.5) is 0 Å². The standard InChI is InChI=1S/C29H30N4O4S/c1-3-21(2)22-10-14-25(15-11-22)38(36,37)32-18-16-31(17-19-32)28(34)23-8-12-24(13-9-23)33-20-30-27-7-5-4-6-26(27)29(33)35/h4-15,20-21H,3,16-19H2,1-2H3/t21-/m1/s1. The SMILES string of the molecule is CC[C@@H](C)c1ccc(S(=O)(=O)N2CCN(C(=O)c3ccc(-n4cnc5ccccc5c4=O)cc3)CC2)cc1. The van der Waals surface area contributed by atoms with Gasteiger partial charge in [0.15, 0.2) is 0 Å². The number of carbonyl (C=O) groups excluding carboxylic acids is 1. The molecular weight excluding hydrogens is 500 g/mol. The third kappa shape index (κ3) is 4.87. The lowest BCUT2D eigenvalue weighted by Gasteiger charge is -2.34. The summed E-state index contributed by atoms with van der Waals surface area (Å²) in [5, 5.41) is 0.523. The predicted molar refractivity (Wildman–Crippen MR) is 147 cm³/mol. The van der Waals surface area contributed by atoms with Gasteiger partial charge in [-0.25, -0.2) is 13.4 Å². The van der Waals surface area contributed by atoms with E-state index in [0.29, 0.717) is 41.2 Å². The lowest BCUT2D eigenvalue weighted by atomic mass is 9.99. The molecule has 0 spiro atoms. The Balaban J connectivity index is 1.25. The minimum Gasteiger partial charge on any atom is -0.336 e. The van der Waals surface area contributed by atoms with E-state index in [1.54, 1.807) is 59.5 Å². The normalized spacial score (nSPS) is 15.5. The molecule has 0 radical (unpaired) electrons. The Bertz CT molecular complexity index is 1620. The van der Waals surface area contributed by atoms with Crippen LogP contribution < -0.4 is 5.56 Å². The van der Waals surface area contributed by atoms with Crippen molar-refractivity contribution < 1.29 is 13.2 Å². The summed E-state index contributed by atoms with van der Waals surface area (Å²) < 4.78 is 29.2. The molecule has 4 aromatic rings. The summed E-state index contributed by atoms with van der Waals surface area (Å²) in [5.74, 6) is 0.205. The smallest absolute Gasteiger partial charge is 0.265 e. The second-order valence-corrected chi connectivity index (χ2v) is 11.5. The van der Waals surface area contributed by atoms with Crippen molar-refractivity contribution in [1.82, 2.24) is 18.8 Å². The van der Waals surface area contributed by atoms with Crippen molar-refractivity contribution in [2.75, 3.05) is 26.2 Å². The van der Waals surface area contributed by atoms with Crippen LogP contribution >= 0.6 is 0 Å². The van der Waals surface area contributed by atoms with E-state index in [2.05, 4.69) is 18.8 Å². The van der Waals surface area contributed by atoms with E-state index in [4.69, 9.17) is 0 Å². The molecule has 2 heterocycles. The number of piperazine rings is 1. The van der Waals surface area contributed by atoms with Gasteiger partial charge < -0.3 is 4.90 Å². The number of amides is 1. The van der Waals surface area contributed by atoms with Crippen molar-refractivity contribution in [1.29, 1.82) is 0 Å². The lowest BCUT2D eigenvalue weighted by Crippen LogP contribution is -2.50. The summed E-state index contributed by atoms with van der Waals surface area (Å²) >= 11 is 0. The Kier molecular flexibility index (Phi) is 7.14. The highest BCUT2D eigenvalue weighted by Gasteiger charge is 2.30. The van der Waals surface area contributed by atoms with Crippen LogP contribution in [-0.4, -0.2) is 59.3 Å². The maximum atomic E-state index is 13.2. The van der Waals surface area contributed by atoms with Gasteiger partial charge in [0.25, 0.3) is 11.5 Å². The molecule has 9 heteroatoms. The number of aromatic nitrogens is 2.